The second kappa shape index (κ2) is 6.40. The third-order valence-electron chi connectivity index (χ3n) is 3.71. The van der Waals surface area contributed by atoms with Gasteiger partial charge in [0.05, 0.1) is 5.56 Å². The molecule has 0 aliphatic heterocycles. The van der Waals surface area contributed by atoms with Gasteiger partial charge in [0.15, 0.2) is 0 Å². The maximum atomic E-state index is 11.9. The zero-order chi connectivity index (χ0) is 13.6. The van der Waals surface area contributed by atoms with Crippen LogP contribution in [0, 0.1) is 5.41 Å². The Hall–Kier alpha value is -1.55. The van der Waals surface area contributed by atoms with Gasteiger partial charge < -0.3 is 16.2 Å². The van der Waals surface area contributed by atoms with E-state index in [0.29, 0.717) is 18.7 Å². The molecule has 0 saturated carbocycles. The number of amides is 1. The molecule has 0 bridgehead atoms. The van der Waals surface area contributed by atoms with E-state index in [2.05, 4.69) is 19.2 Å². The lowest BCUT2D eigenvalue weighted by molar-refractivity contribution is 0.0925. The molecule has 18 heavy (non-hydrogen) atoms. The molecule has 0 unspecified atom stereocenters. The summed E-state index contributed by atoms with van der Waals surface area (Å²) >= 11 is 0. The molecule has 4 heteroatoms. The molecule has 0 aliphatic carbocycles. The van der Waals surface area contributed by atoms with E-state index < -0.39 is 0 Å². The predicted molar refractivity (Wildman–Crippen MR) is 72.5 cm³/mol. The van der Waals surface area contributed by atoms with E-state index in [-0.39, 0.29) is 17.1 Å². The minimum Gasteiger partial charge on any atom is -0.507 e. The number of hydrogen-bond donors (Lipinski definition) is 3. The molecule has 0 aromatic heterocycles. The number of aromatic hydroxyl groups is 1. The van der Waals surface area contributed by atoms with Gasteiger partial charge in [0.2, 0.25) is 0 Å². The number of carbonyl (C=O) groups excluding carboxylic acids is 1. The molecule has 0 aliphatic rings. The van der Waals surface area contributed by atoms with Crippen LogP contribution in [0.1, 0.15) is 37.0 Å². The van der Waals surface area contributed by atoms with Gasteiger partial charge in [0.1, 0.15) is 5.75 Å². The first-order chi connectivity index (χ1) is 8.58. The molecule has 1 aromatic rings. The molecule has 4 N–H and O–H groups in total. The topological polar surface area (TPSA) is 75.3 Å². The normalized spacial score (nSPS) is 11.3. The summed E-state index contributed by atoms with van der Waals surface area (Å²) in [7, 11) is 0. The Morgan fingerprint density at radius 1 is 1.33 bits per heavy atom. The molecule has 0 heterocycles. The van der Waals surface area contributed by atoms with Crippen molar-refractivity contribution in [2.75, 3.05) is 13.1 Å². The van der Waals surface area contributed by atoms with E-state index in [1.165, 1.54) is 6.07 Å². The Labute approximate surface area is 108 Å². The van der Waals surface area contributed by atoms with Gasteiger partial charge in [-0.05, 0) is 36.9 Å². The number of phenolic OH excluding ortho intramolecular Hbond substituents is 1. The van der Waals surface area contributed by atoms with Crippen molar-refractivity contribution in [3.05, 3.63) is 29.8 Å². The number of nitrogens with two attached hydrogens (primary N) is 1. The molecule has 1 rings (SSSR count). The van der Waals surface area contributed by atoms with Crippen LogP contribution in [0.15, 0.2) is 24.3 Å². The van der Waals surface area contributed by atoms with E-state index in [1.807, 2.05) is 0 Å². The first kappa shape index (κ1) is 14.5. The van der Waals surface area contributed by atoms with Crippen molar-refractivity contribution in [2.24, 2.45) is 11.1 Å². The Morgan fingerprint density at radius 2 is 1.94 bits per heavy atom. The molecule has 0 fully saturated rings. The Balaban J connectivity index is 2.69. The second-order valence-corrected chi connectivity index (χ2v) is 4.61. The number of para-hydroxylation sites is 1. The van der Waals surface area contributed by atoms with Crippen LogP contribution in [0.4, 0.5) is 0 Å². The van der Waals surface area contributed by atoms with E-state index >= 15 is 0 Å². The van der Waals surface area contributed by atoms with Crippen molar-refractivity contribution in [1.29, 1.82) is 0 Å². The molecular formula is C14H22N2O2. The summed E-state index contributed by atoms with van der Waals surface area (Å²) in [5, 5.41) is 12.5. The molecule has 0 spiro atoms. The summed E-state index contributed by atoms with van der Waals surface area (Å²) in [5.74, 6) is -0.255. The van der Waals surface area contributed by atoms with E-state index in [4.69, 9.17) is 5.73 Å². The molecule has 0 atom stereocenters. The molecule has 1 aromatic carbocycles. The summed E-state index contributed by atoms with van der Waals surface area (Å²) in [5.41, 5.74) is 6.03. The second-order valence-electron chi connectivity index (χ2n) is 4.61. The van der Waals surface area contributed by atoms with Gasteiger partial charge in [-0.25, -0.2) is 0 Å². The summed E-state index contributed by atoms with van der Waals surface area (Å²) in [6, 6.07) is 6.52. The fourth-order valence-electron chi connectivity index (χ4n) is 1.89. The van der Waals surface area contributed by atoms with Crippen molar-refractivity contribution < 1.29 is 9.90 Å². The predicted octanol–water partition coefficient (Wildman–Crippen LogP) is 1.89. The highest BCUT2D eigenvalue weighted by Crippen LogP contribution is 2.24. The van der Waals surface area contributed by atoms with Gasteiger partial charge in [0.25, 0.3) is 5.91 Å². The van der Waals surface area contributed by atoms with Crippen molar-refractivity contribution in [1.82, 2.24) is 5.32 Å². The van der Waals surface area contributed by atoms with E-state index in [1.54, 1.807) is 18.2 Å². The van der Waals surface area contributed by atoms with Crippen molar-refractivity contribution in [3.63, 3.8) is 0 Å². The van der Waals surface area contributed by atoms with Gasteiger partial charge in [-0.2, -0.15) is 0 Å². The van der Waals surface area contributed by atoms with Gasteiger partial charge >= 0.3 is 0 Å². The standard InChI is InChI=1S/C14H22N2O2/c1-3-14(4-2,9-15)10-16-13(18)11-7-5-6-8-12(11)17/h5-8,17H,3-4,9-10,15H2,1-2H3,(H,16,18). The van der Waals surface area contributed by atoms with Crippen LogP contribution in [0.5, 0.6) is 5.75 Å². The van der Waals surface area contributed by atoms with Gasteiger partial charge in [-0.1, -0.05) is 26.0 Å². The zero-order valence-corrected chi connectivity index (χ0v) is 11.1. The Bertz CT molecular complexity index is 392. The largest absolute Gasteiger partial charge is 0.507 e. The number of phenols is 1. The van der Waals surface area contributed by atoms with Crippen LogP contribution in [0.3, 0.4) is 0 Å². The van der Waals surface area contributed by atoms with Crippen molar-refractivity contribution in [3.8, 4) is 5.75 Å². The number of rotatable bonds is 6. The highest BCUT2D eigenvalue weighted by atomic mass is 16.3. The average Bonchev–Trinajstić information content (AvgIpc) is 2.41. The summed E-state index contributed by atoms with van der Waals surface area (Å²) < 4.78 is 0. The Kier molecular flexibility index (Phi) is 5.16. The van der Waals surface area contributed by atoms with E-state index in [0.717, 1.165) is 12.8 Å². The van der Waals surface area contributed by atoms with Crippen molar-refractivity contribution in [2.45, 2.75) is 26.7 Å². The number of benzene rings is 1. The molecule has 0 saturated heterocycles. The lowest BCUT2D eigenvalue weighted by atomic mass is 9.82. The monoisotopic (exact) mass is 250 g/mol. The summed E-state index contributed by atoms with van der Waals surface area (Å²) in [6.45, 7) is 5.22. The molecule has 0 radical (unpaired) electrons. The molecule has 100 valence electrons. The molecule has 1 amide bonds. The quantitative estimate of drug-likeness (QED) is 0.721. The van der Waals surface area contributed by atoms with Crippen LogP contribution in [0.25, 0.3) is 0 Å². The van der Waals surface area contributed by atoms with Gasteiger partial charge in [-0.15, -0.1) is 0 Å². The van der Waals surface area contributed by atoms with Gasteiger partial charge in [0, 0.05) is 6.54 Å². The third-order valence-corrected chi connectivity index (χ3v) is 3.71. The summed E-state index contributed by atoms with van der Waals surface area (Å²) in [4.78, 5) is 11.9. The maximum absolute atomic E-state index is 11.9. The molecule has 4 nitrogen and oxygen atoms in total. The smallest absolute Gasteiger partial charge is 0.255 e. The fourth-order valence-corrected chi connectivity index (χ4v) is 1.89. The van der Waals surface area contributed by atoms with Crippen LogP contribution >= 0.6 is 0 Å². The van der Waals surface area contributed by atoms with Gasteiger partial charge in [-0.3, -0.25) is 4.79 Å². The van der Waals surface area contributed by atoms with Crippen LogP contribution in [-0.4, -0.2) is 24.1 Å². The highest BCUT2D eigenvalue weighted by molar-refractivity contribution is 5.96. The minimum atomic E-state index is -0.257. The SMILES string of the molecule is CCC(CC)(CN)CNC(=O)c1ccccc1O. The number of nitrogens with one attached hydrogen (secondary N) is 1. The van der Waals surface area contributed by atoms with Crippen LogP contribution in [-0.2, 0) is 0 Å². The number of hydrogen-bond acceptors (Lipinski definition) is 3. The van der Waals surface area contributed by atoms with E-state index in [9.17, 15) is 9.90 Å². The zero-order valence-electron chi connectivity index (χ0n) is 11.1. The minimum absolute atomic E-state index is 0.00125. The fraction of sp³-hybridized carbons (Fsp3) is 0.500. The first-order valence-electron chi connectivity index (χ1n) is 6.35. The maximum Gasteiger partial charge on any atom is 0.255 e. The lowest BCUT2D eigenvalue weighted by Gasteiger charge is -2.30. The molecular weight excluding hydrogens is 228 g/mol. The summed E-state index contributed by atoms with van der Waals surface area (Å²) in [6.07, 6.45) is 1.84. The highest BCUT2D eigenvalue weighted by Gasteiger charge is 2.25. The third kappa shape index (κ3) is 3.23. The first-order valence-corrected chi connectivity index (χ1v) is 6.35. The number of carbonyl (C=O) groups is 1. The van der Waals surface area contributed by atoms with Crippen molar-refractivity contribution >= 4 is 5.91 Å². The Morgan fingerprint density at radius 3 is 2.44 bits per heavy atom. The van der Waals surface area contributed by atoms with Crippen LogP contribution in [0.2, 0.25) is 0 Å². The lowest BCUT2D eigenvalue weighted by Crippen LogP contribution is -2.41. The average molecular weight is 250 g/mol. The van der Waals surface area contributed by atoms with Crippen LogP contribution < -0.4 is 11.1 Å².